The molecule has 2 aromatic heterocycles. The molecule has 0 spiro atoms. The van der Waals surface area contributed by atoms with Gasteiger partial charge in [0.15, 0.2) is 0 Å². The Morgan fingerprint density at radius 1 is 0.885 bits per heavy atom. The highest BCUT2D eigenvalue weighted by Gasteiger charge is 2.28. The van der Waals surface area contributed by atoms with Crippen molar-refractivity contribution in [1.29, 1.82) is 0 Å². The van der Waals surface area contributed by atoms with Crippen LogP contribution in [0.2, 0.25) is 0 Å². The van der Waals surface area contributed by atoms with Gasteiger partial charge in [-0.1, -0.05) is 68.4 Å². The molecule has 3 nitrogen and oxygen atoms in total. The van der Waals surface area contributed by atoms with E-state index in [-0.39, 0.29) is 10.8 Å². The predicted molar refractivity (Wildman–Crippen MR) is 110 cm³/mol. The van der Waals surface area contributed by atoms with Crippen molar-refractivity contribution in [3.05, 3.63) is 52.9 Å². The van der Waals surface area contributed by atoms with Crippen LogP contribution in [0.25, 0.3) is 0 Å². The van der Waals surface area contributed by atoms with Crippen LogP contribution in [-0.2, 0) is 17.3 Å². The molecule has 0 aliphatic carbocycles. The lowest BCUT2D eigenvalue weighted by atomic mass is 9.81. The number of rotatable bonds is 4. The minimum atomic E-state index is -0.0216. The number of hydrogen-bond donors (Lipinski definition) is 0. The van der Waals surface area contributed by atoms with Crippen LogP contribution >= 0.6 is 0 Å². The van der Waals surface area contributed by atoms with Crippen LogP contribution in [-0.4, -0.2) is 15.0 Å². The minimum Gasteiger partial charge on any atom is -0.261 e. The van der Waals surface area contributed by atoms with E-state index in [2.05, 4.69) is 73.4 Å². The monoisotopic (exact) mass is 353 g/mol. The van der Waals surface area contributed by atoms with E-state index in [1.54, 1.807) is 0 Å². The summed E-state index contributed by atoms with van der Waals surface area (Å²) < 4.78 is 0. The Morgan fingerprint density at radius 3 is 2.04 bits per heavy atom. The Hall–Kier alpha value is -1.77. The first kappa shape index (κ1) is 20.5. The summed E-state index contributed by atoms with van der Waals surface area (Å²) in [6, 6.07) is 4.24. The summed E-state index contributed by atoms with van der Waals surface area (Å²) in [5.41, 5.74) is 5.77. The predicted octanol–water partition coefficient (Wildman–Crippen LogP) is 5.94. The Bertz CT molecular complexity index is 749. The number of hydrogen-bond acceptors (Lipinski definition) is 3. The van der Waals surface area contributed by atoms with Gasteiger partial charge in [-0.05, 0) is 29.9 Å². The van der Waals surface area contributed by atoms with Gasteiger partial charge in [0.05, 0.1) is 17.1 Å². The average molecular weight is 354 g/mol. The van der Waals surface area contributed by atoms with Gasteiger partial charge in [-0.15, -0.1) is 0 Å². The van der Waals surface area contributed by atoms with Crippen molar-refractivity contribution in [2.75, 3.05) is 0 Å². The SMILES string of the molecule is CC(C)c1ncccc1C(C)Cc1cnc(C(C)(C)C)c(C(C)(C)C)n1. The molecule has 0 bridgehead atoms. The van der Waals surface area contributed by atoms with Gasteiger partial charge < -0.3 is 0 Å². The minimum absolute atomic E-state index is 0.00603. The summed E-state index contributed by atoms with van der Waals surface area (Å²) in [7, 11) is 0. The van der Waals surface area contributed by atoms with Crippen molar-refractivity contribution < 1.29 is 0 Å². The smallest absolute Gasteiger partial charge is 0.0680 e. The maximum Gasteiger partial charge on any atom is 0.0680 e. The zero-order valence-corrected chi connectivity index (χ0v) is 18.0. The van der Waals surface area contributed by atoms with E-state index in [1.165, 1.54) is 11.3 Å². The zero-order chi connectivity index (χ0) is 19.7. The summed E-state index contributed by atoms with van der Waals surface area (Å²) in [5.74, 6) is 0.789. The van der Waals surface area contributed by atoms with Gasteiger partial charge in [0.1, 0.15) is 0 Å². The first-order valence-electron chi connectivity index (χ1n) is 9.73. The summed E-state index contributed by atoms with van der Waals surface area (Å²) in [4.78, 5) is 14.5. The molecule has 1 atom stereocenters. The second kappa shape index (κ2) is 7.46. The van der Waals surface area contributed by atoms with Crippen molar-refractivity contribution in [1.82, 2.24) is 15.0 Å². The van der Waals surface area contributed by atoms with Crippen LogP contribution in [0.5, 0.6) is 0 Å². The topological polar surface area (TPSA) is 38.7 Å². The molecule has 0 radical (unpaired) electrons. The largest absolute Gasteiger partial charge is 0.261 e. The third kappa shape index (κ3) is 4.69. The molecule has 26 heavy (non-hydrogen) atoms. The van der Waals surface area contributed by atoms with Gasteiger partial charge in [-0.3, -0.25) is 15.0 Å². The third-order valence-electron chi connectivity index (χ3n) is 4.71. The Labute approximate surface area is 159 Å². The van der Waals surface area contributed by atoms with E-state index in [0.717, 1.165) is 23.5 Å². The van der Waals surface area contributed by atoms with E-state index in [4.69, 9.17) is 9.97 Å². The van der Waals surface area contributed by atoms with Gasteiger partial charge in [0.2, 0.25) is 0 Å². The standard InChI is InChI=1S/C23H35N3/c1-15(2)19-18(11-10-12-24-19)16(3)13-17-14-25-20(22(4,5)6)21(26-17)23(7,8)9/h10-12,14-16H,13H2,1-9H3. The number of nitrogens with zero attached hydrogens (tertiary/aromatic N) is 3. The quantitative estimate of drug-likeness (QED) is 0.683. The van der Waals surface area contributed by atoms with Crippen molar-refractivity contribution in [3.63, 3.8) is 0 Å². The third-order valence-corrected chi connectivity index (χ3v) is 4.71. The average Bonchev–Trinajstić information content (AvgIpc) is 2.52. The second-order valence-electron chi connectivity index (χ2n) is 9.80. The second-order valence-corrected chi connectivity index (χ2v) is 9.80. The maximum absolute atomic E-state index is 5.07. The Morgan fingerprint density at radius 2 is 1.50 bits per heavy atom. The van der Waals surface area contributed by atoms with Crippen LogP contribution < -0.4 is 0 Å². The molecule has 0 amide bonds. The van der Waals surface area contributed by atoms with E-state index < -0.39 is 0 Å². The van der Waals surface area contributed by atoms with Gasteiger partial charge in [-0.2, -0.15) is 0 Å². The summed E-state index contributed by atoms with van der Waals surface area (Å²) >= 11 is 0. The highest BCUT2D eigenvalue weighted by Crippen LogP contribution is 2.32. The molecule has 3 heteroatoms. The fourth-order valence-electron chi connectivity index (χ4n) is 3.35. The van der Waals surface area contributed by atoms with Gasteiger partial charge >= 0.3 is 0 Å². The van der Waals surface area contributed by atoms with Crippen LogP contribution in [0.3, 0.4) is 0 Å². The molecule has 0 N–H and O–H groups in total. The molecule has 2 rings (SSSR count). The molecule has 0 saturated carbocycles. The first-order valence-corrected chi connectivity index (χ1v) is 9.73. The fourth-order valence-corrected chi connectivity index (χ4v) is 3.35. The number of aromatic nitrogens is 3. The van der Waals surface area contributed by atoms with Crippen molar-refractivity contribution >= 4 is 0 Å². The lowest BCUT2D eigenvalue weighted by Crippen LogP contribution is -2.26. The maximum atomic E-state index is 5.07. The van der Waals surface area contributed by atoms with Crippen molar-refractivity contribution in [2.24, 2.45) is 0 Å². The molecule has 0 aliphatic heterocycles. The molecule has 142 valence electrons. The zero-order valence-electron chi connectivity index (χ0n) is 18.0. The van der Waals surface area contributed by atoms with Crippen molar-refractivity contribution in [3.8, 4) is 0 Å². The molecule has 0 fully saturated rings. The summed E-state index contributed by atoms with van der Waals surface area (Å²) in [6.07, 6.45) is 4.74. The first-order chi connectivity index (χ1) is 11.9. The van der Waals surface area contributed by atoms with Gasteiger partial charge in [0.25, 0.3) is 0 Å². The van der Waals surface area contributed by atoms with Crippen LogP contribution in [0.1, 0.15) is 102 Å². The van der Waals surface area contributed by atoms with E-state index in [1.807, 2.05) is 18.5 Å². The molecule has 2 heterocycles. The Kier molecular flexibility index (Phi) is 5.89. The summed E-state index contributed by atoms with van der Waals surface area (Å²) in [5, 5.41) is 0. The molecule has 2 aromatic rings. The van der Waals surface area contributed by atoms with Crippen LogP contribution in [0.15, 0.2) is 24.5 Å². The summed E-state index contributed by atoms with van der Waals surface area (Å²) in [6.45, 7) is 19.9. The van der Waals surface area contributed by atoms with Gasteiger partial charge in [0, 0.05) is 28.9 Å². The fraction of sp³-hybridized carbons (Fsp3) is 0.609. The van der Waals surface area contributed by atoms with E-state index in [0.29, 0.717) is 11.8 Å². The normalized spacial score (nSPS) is 13.9. The molecular formula is C23H35N3. The highest BCUT2D eigenvalue weighted by atomic mass is 14.8. The molecule has 1 unspecified atom stereocenters. The molecule has 0 saturated heterocycles. The van der Waals surface area contributed by atoms with Crippen LogP contribution in [0.4, 0.5) is 0 Å². The lowest BCUT2D eigenvalue weighted by Gasteiger charge is -2.28. The molecule has 0 aliphatic rings. The highest BCUT2D eigenvalue weighted by molar-refractivity contribution is 5.30. The Balaban J connectivity index is 2.39. The lowest BCUT2D eigenvalue weighted by molar-refractivity contribution is 0.493. The van der Waals surface area contributed by atoms with Crippen LogP contribution in [0, 0.1) is 0 Å². The van der Waals surface area contributed by atoms with E-state index >= 15 is 0 Å². The van der Waals surface area contributed by atoms with Gasteiger partial charge in [-0.25, -0.2) is 0 Å². The molecular weight excluding hydrogens is 318 g/mol. The molecule has 0 aromatic carbocycles. The van der Waals surface area contributed by atoms with E-state index in [9.17, 15) is 0 Å². The van der Waals surface area contributed by atoms with Crippen molar-refractivity contribution in [2.45, 2.75) is 91.4 Å². The number of pyridine rings is 1.